The van der Waals surface area contributed by atoms with Crippen LogP contribution in [0.2, 0.25) is 0 Å². The fourth-order valence-corrected chi connectivity index (χ4v) is 2.62. The van der Waals surface area contributed by atoms with E-state index in [9.17, 15) is 4.79 Å². The zero-order chi connectivity index (χ0) is 12.8. The van der Waals surface area contributed by atoms with Crippen molar-refractivity contribution in [2.24, 2.45) is 5.73 Å². The SMILES string of the molecule is CC(C)NC(=O)CCN1C(C)CCCC1CN. The predicted octanol–water partition coefficient (Wildman–Crippen LogP) is 1.10. The van der Waals surface area contributed by atoms with Crippen molar-refractivity contribution >= 4 is 5.91 Å². The molecule has 0 saturated carbocycles. The maximum Gasteiger partial charge on any atom is 0.221 e. The number of amides is 1. The molecule has 2 unspecified atom stereocenters. The molecule has 1 saturated heterocycles. The monoisotopic (exact) mass is 241 g/mol. The van der Waals surface area contributed by atoms with Gasteiger partial charge in [-0.3, -0.25) is 9.69 Å². The minimum absolute atomic E-state index is 0.147. The highest BCUT2D eigenvalue weighted by molar-refractivity contribution is 5.76. The molecule has 0 spiro atoms. The number of likely N-dealkylation sites (tertiary alicyclic amines) is 1. The third-order valence-electron chi connectivity index (χ3n) is 3.51. The topological polar surface area (TPSA) is 58.4 Å². The lowest BCUT2D eigenvalue weighted by Crippen LogP contribution is -2.50. The Bertz CT molecular complexity index is 243. The number of carbonyl (C=O) groups is 1. The Balaban J connectivity index is 2.39. The van der Waals surface area contributed by atoms with Crippen LogP contribution in [0.15, 0.2) is 0 Å². The van der Waals surface area contributed by atoms with E-state index in [0.29, 0.717) is 25.0 Å². The van der Waals surface area contributed by atoms with Crippen molar-refractivity contribution in [2.75, 3.05) is 13.1 Å². The van der Waals surface area contributed by atoms with Gasteiger partial charge >= 0.3 is 0 Å². The van der Waals surface area contributed by atoms with E-state index < -0.39 is 0 Å². The Morgan fingerprint density at radius 1 is 1.47 bits per heavy atom. The molecule has 0 radical (unpaired) electrons. The number of piperidine rings is 1. The number of nitrogens with zero attached hydrogens (tertiary/aromatic N) is 1. The number of carbonyl (C=O) groups excluding carboxylic acids is 1. The van der Waals surface area contributed by atoms with Crippen LogP contribution in [0.1, 0.15) is 46.5 Å². The second kappa shape index (κ2) is 6.97. The molecule has 1 aliphatic heterocycles. The number of rotatable bonds is 5. The summed E-state index contributed by atoms with van der Waals surface area (Å²) >= 11 is 0. The first-order valence-electron chi connectivity index (χ1n) is 6.79. The Morgan fingerprint density at radius 3 is 2.76 bits per heavy atom. The fraction of sp³-hybridized carbons (Fsp3) is 0.923. The van der Waals surface area contributed by atoms with Crippen LogP contribution in [0, 0.1) is 0 Å². The summed E-state index contributed by atoms with van der Waals surface area (Å²) < 4.78 is 0. The van der Waals surface area contributed by atoms with Gasteiger partial charge in [-0.05, 0) is 33.6 Å². The average molecular weight is 241 g/mol. The van der Waals surface area contributed by atoms with E-state index in [1.807, 2.05) is 13.8 Å². The number of nitrogens with one attached hydrogen (secondary N) is 1. The maximum absolute atomic E-state index is 11.6. The van der Waals surface area contributed by atoms with E-state index >= 15 is 0 Å². The van der Waals surface area contributed by atoms with Gasteiger partial charge in [0.1, 0.15) is 0 Å². The van der Waals surface area contributed by atoms with Gasteiger partial charge in [-0.25, -0.2) is 0 Å². The smallest absolute Gasteiger partial charge is 0.221 e. The van der Waals surface area contributed by atoms with E-state index in [2.05, 4.69) is 17.1 Å². The zero-order valence-electron chi connectivity index (χ0n) is 11.4. The summed E-state index contributed by atoms with van der Waals surface area (Å²) in [5.41, 5.74) is 5.80. The van der Waals surface area contributed by atoms with Gasteiger partial charge in [-0.15, -0.1) is 0 Å². The van der Waals surface area contributed by atoms with Crippen molar-refractivity contribution in [3.63, 3.8) is 0 Å². The Kier molecular flexibility index (Phi) is 5.92. The van der Waals surface area contributed by atoms with Gasteiger partial charge in [-0.1, -0.05) is 6.42 Å². The van der Waals surface area contributed by atoms with Crippen LogP contribution in [0.4, 0.5) is 0 Å². The van der Waals surface area contributed by atoms with E-state index in [1.165, 1.54) is 19.3 Å². The molecule has 17 heavy (non-hydrogen) atoms. The molecule has 4 heteroatoms. The number of hydrogen-bond donors (Lipinski definition) is 2. The molecular weight excluding hydrogens is 214 g/mol. The van der Waals surface area contributed by atoms with Crippen molar-refractivity contribution in [1.82, 2.24) is 10.2 Å². The molecule has 1 rings (SSSR count). The molecule has 0 aliphatic carbocycles. The highest BCUT2D eigenvalue weighted by atomic mass is 16.1. The van der Waals surface area contributed by atoms with Gasteiger partial charge < -0.3 is 11.1 Å². The third-order valence-corrected chi connectivity index (χ3v) is 3.51. The summed E-state index contributed by atoms with van der Waals surface area (Å²) in [6.45, 7) is 7.76. The fourth-order valence-electron chi connectivity index (χ4n) is 2.62. The number of nitrogens with two attached hydrogens (primary N) is 1. The molecule has 3 N–H and O–H groups in total. The summed E-state index contributed by atoms with van der Waals surface area (Å²) in [6, 6.07) is 1.25. The second-order valence-corrected chi connectivity index (χ2v) is 5.38. The molecule has 100 valence electrons. The molecule has 1 heterocycles. The minimum atomic E-state index is 0.147. The van der Waals surface area contributed by atoms with Gasteiger partial charge in [0.2, 0.25) is 5.91 Å². The van der Waals surface area contributed by atoms with Crippen molar-refractivity contribution < 1.29 is 4.79 Å². The third kappa shape index (κ3) is 4.64. The highest BCUT2D eigenvalue weighted by Crippen LogP contribution is 2.22. The van der Waals surface area contributed by atoms with Crippen molar-refractivity contribution in [3.05, 3.63) is 0 Å². The standard InChI is InChI=1S/C13H27N3O/c1-10(2)15-13(17)7-8-16-11(3)5-4-6-12(16)9-14/h10-12H,4-9,14H2,1-3H3,(H,15,17). The molecule has 0 aromatic rings. The quantitative estimate of drug-likeness (QED) is 0.758. The molecule has 2 atom stereocenters. The average Bonchev–Trinajstić information content (AvgIpc) is 2.26. The Labute approximate surface area is 105 Å². The lowest BCUT2D eigenvalue weighted by molar-refractivity contribution is -0.122. The lowest BCUT2D eigenvalue weighted by atomic mass is 9.96. The molecule has 0 bridgehead atoms. The van der Waals surface area contributed by atoms with Gasteiger partial charge in [-0.2, -0.15) is 0 Å². The molecule has 1 fully saturated rings. The first-order valence-corrected chi connectivity index (χ1v) is 6.79. The maximum atomic E-state index is 11.6. The van der Waals surface area contributed by atoms with Gasteiger partial charge in [0.25, 0.3) is 0 Å². The van der Waals surface area contributed by atoms with Crippen LogP contribution in [-0.2, 0) is 4.79 Å². The first-order chi connectivity index (χ1) is 8.04. The van der Waals surface area contributed by atoms with Crippen molar-refractivity contribution in [3.8, 4) is 0 Å². The van der Waals surface area contributed by atoms with Crippen LogP contribution in [0.25, 0.3) is 0 Å². The first kappa shape index (κ1) is 14.5. The van der Waals surface area contributed by atoms with E-state index in [4.69, 9.17) is 5.73 Å². The second-order valence-electron chi connectivity index (χ2n) is 5.38. The Morgan fingerprint density at radius 2 is 2.18 bits per heavy atom. The van der Waals surface area contributed by atoms with E-state index in [-0.39, 0.29) is 11.9 Å². The minimum Gasteiger partial charge on any atom is -0.354 e. The Hall–Kier alpha value is -0.610. The lowest BCUT2D eigenvalue weighted by Gasteiger charge is -2.40. The predicted molar refractivity (Wildman–Crippen MR) is 70.8 cm³/mol. The molecule has 0 aromatic heterocycles. The summed E-state index contributed by atoms with van der Waals surface area (Å²) in [7, 11) is 0. The summed E-state index contributed by atoms with van der Waals surface area (Å²) in [6.07, 6.45) is 4.24. The summed E-state index contributed by atoms with van der Waals surface area (Å²) in [4.78, 5) is 14.0. The van der Waals surface area contributed by atoms with Crippen LogP contribution in [0.3, 0.4) is 0 Å². The molecule has 1 amide bonds. The highest BCUT2D eigenvalue weighted by Gasteiger charge is 2.26. The molecule has 0 aromatic carbocycles. The molecule has 1 aliphatic rings. The molecular formula is C13H27N3O. The van der Waals surface area contributed by atoms with Crippen molar-refractivity contribution in [1.29, 1.82) is 0 Å². The van der Waals surface area contributed by atoms with Crippen LogP contribution in [-0.4, -0.2) is 42.0 Å². The van der Waals surface area contributed by atoms with Gasteiger partial charge in [0, 0.05) is 37.6 Å². The molecule has 4 nitrogen and oxygen atoms in total. The zero-order valence-corrected chi connectivity index (χ0v) is 11.4. The normalized spacial score (nSPS) is 26.2. The number of hydrogen-bond acceptors (Lipinski definition) is 3. The van der Waals surface area contributed by atoms with Crippen LogP contribution >= 0.6 is 0 Å². The summed E-state index contributed by atoms with van der Waals surface area (Å²) in [5.74, 6) is 0.147. The van der Waals surface area contributed by atoms with Gasteiger partial charge in [0.15, 0.2) is 0 Å². The largest absolute Gasteiger partial charge is 0.354 e. The van der Waals surface area contributed by atoms with Crippen LogP contribution in [0.5, 0.6) is 0 Å². The van der Waals surface area contributed by atoms with Gasteiger partial charge in [0.05, 0.1) is 0 Å². The van der Waals surface area contributed by atoms with Crippen molar-refractivity contribution in [2.45, 2.75) is 64.6 Å². The van der Waals surface area contributed by atoms with E-state index in [0.717, 1.165) is 6.54 Å². The summed E-state index contributed by atoms with van der Waals surface area (Å²) in [5, 5.41) is 2.93. The van der Waals surface area contributed by atoms with E-state index in [1.54, 1.807) is 0 Å². The van der Waals surface area contributed by atoms with Crippen LogP contribution < -0.4 is 11.1 Å².